The molecule has 0 aromatic heterocycles. The summed E-state index contributed by atoms with van der Waals surface area (Å²) in [6.07, 6.45) is 0. The van der Waals surface area contributed by atoms with Crippen molar-refractivity contribution in [2.45, 2.75) is 4.63 Å². The Labute approximate surface area is 385 Å². The van der Waals surface area contributed by atoms with Gasteiger partial charge in [0.1, 0.15) is 0 Å². The van der Waals surface area contributed by atoms with E-state index in [1.807, 2.05) is 0 Å². The van der Waals surface area contributed by atoms with E-state index in [0.29, 0.717) is 0 Å². The Hall–Kier alpha value is -1.72. The molecule has 7 heteroatoms. The average molecular weight is 1310 g/mol. The first kappa shape index (κ1) is 44.8. The van der Waals surface area contributed by atoms with Crippen molar-refractivity contribution in [3.8, 4) is 0 Å². The second-order valence-corrected chi connectivity index (χ2v) is 49.1. The quantitative estimate of drug-likeness (QED) is 0.110. The fourth-order valence-corrected chi connectivity index (χ4v) is 63.1. The van der Waals surface area contributed by atoms with Gasteiger partial charge in [-0.05, 0) is 0 Å². The van der Waals surface area contributed by atoms with Crippen molar-refractivity contribution in [2.75, 3.05) is 0 Å². The van der Waals surface area contributed by atoms with E-state index in [-0.39, 0.29) is 15.9 Å². The van der Waals surface area contributed by atoms with Crippen molar-refractivity contribution >= 4 is 128 Å². The summed E-state index contributed by atoms with van der Waals surface area (Å²) >= 11 is -7.36. The van der Waals surface area contributed by atoms with Crippen LogP contribution in [0.15, 0.2) is 243 Å². The van der Waals surface area contributed by atoms with Gasteiger partial charge in [0.2, 0.25) is 0 Å². The van der Waals surface area contributed by atoms with Crippen LogP contribution in [0.2, 0.25) is 4.63 Å². The number of hydrogen-bond acceptors (Lipinski definition) is 0. The predicted molar refractivity (Wildman–Crippen MR) is 253 cm³/mol. The third kappa shape index (κ3) is 14.2. The molecular weight excluding hydrogens is 1260 g/mol. The summed E-state index contributed by atoms with van der Waals surface area (Å²) in [6, 6.07) is 90.3. The minimum atomic E-state index is -1.81. The van der Waals surface area contributed by atoms with Gasteiger partial charge in [0.05, 0.1) is 0 Å². The van der Waals surface area contributed by atoms with Gasteiger partial charge in [0.15, 0.2) is 0 Å². The Balaban J connectivity index is 0.000000180. The zero-order valence-corrected chi connectivity index (χ0v) is 44.6. The van der Waals surface area contributed by atoms with Gasteiger partial charge in [-0.25, -0.2) is 0 Å². The van der Waals surface area contributed by atoms with Gasteiger partial charge >= 0.3 is 391 Å². The van der Waals surface area contributed by atoms with Gasteiger partial charge in [0, 0.05) is 0 Å². The first-order valence-electron chi connectivity index (χ1n) is 18.6. The van der Waals surface area contributed by atoms with Crippen molar-refractivity contribution < 1.29 is 15.9 Å². The van der Waals surface area contributed by atoms with Crippen LogP contribution in [0.1, 0.15) is 0 Å². The first-order valence-corrected chi connectivity index (χ1v) is 40.0. The maximum absolute atomic E-state index is 4.81. The van der Waals surface area contributed by atoms with Crippen LogP contribution >= 0.6 is 19.1 Å². The van der Waals surface area contributed by atoms with Crippen molar-refractivity contribution in [2.24, 2.45) is 0 Å². The molecule has 57 heavy (non-hydrogen) atoms. The van der Waals surface area contributed by atoms with E-state index in [1.54, 1.807) is 28.1 Å². The molecule has 0 spiro atoms. The molecule has 0 aliphatic carbocycles. The van der Waals surface area contributed by atoms with Crippen LogP contribution in [0.4, 0.5) is 0 Å². The summed E-state index contributed by atoms with van der Waals surface area (Å²) in [5.41, 5.74) is 0. The Kier molecular flexibility index (Phi) is 20.3. The van der Waals surface area contributed by atoms with Crippen LogP contribution in [-0.4, -0.2) is 80.8 Å². The zero-order chi connectivity index (χ0) is 39.3. The van der Waals surface area contributed by atoms with E-state index in [2.05, 4.69) is 243 Å². The van der Waals surface area contributed by atoms with E-state index in [9.17, 15) is 0 Å². The number of halogens is 2. The molecule has 0 bridgehead atoms. The van der Waals surface area contributed by atoms with E-state index in [1.165, 1.54) is 4.63 Å². The fraction of sp³-hybridized carbons (Fsp3) is 0.0400. The van der Waals surface area contributed by atoms with E-state index in [0.717, 1.165) is 0 Å². The van der Waals surface area contributed by atoms with E-state index in [4.69, 9.17) is 19.1 Å². The summed E-state index contributed by atoms with van der Waals surface area (Å²) in [4.78, 5) is 0. The normalized spacial score (nSPS) is 10.8. The van der Waals surface area contributed by atoms with Crippen LogP contribution in [0.3, 0.4) is 0 Å². The van der Waals surface area contributed by atoms with Gasteiger partial charge in [-0.15, -0.1) is 0 Å². The van der Waals surface area contributed by atoms with Crippen molar-refractivity contribution in [3.05, 3.63) is 243 Å². The third-order valence-corrected chi connectivity index (χ3v) is 55.0. The molecule has 0 saturated heterocycles. The molecule has 0 N–H and O–H groups in total. The van der Waals surface area contributed by atoms with Crippen LogP contribution in [0.25, 0.3) is 0 Å². The first-order chi connectivity index (χ1) is 28.2. The molecule has 0 aliphatic rings. The zero-order valence-electron chi connectivity index (χ0n) is 31.4. The molecule has 0 heterocycles. The van der Waals surface area contributed by atoms with Crippen LogP contribution in [0.5, 0.6) is 0 Å². The molecule has 288 valence electrons. The molecule has 0 amide bonds. The summed E-state index contributed by atoms with van der Waals surface area (Å²) in [7, 11) is 9.63. The van der Waals surface area contributed by atoms with Crippen molar-refractivity contribution in [1.82, 2.24) is 0 Å². The Morgan fingerprint density at radius 1 is 0.228 bits per heavy atom. The number of rotatable bonds is 12. The van der Waals surface area contributed by atoms with Crippen LogP contribution < -0.4 is 28.1 Å². The molecule has 0 atom stereocenters. The van der Waals surface area contributed by atoms with Crippen molar-refractivity contribution in [1.29, 1.82) is 0 Å². The standard InChI is InChI=1S/8C6H5.2CH2.2ClH.Pd.4Sb/c8*1-2-4-6-5-3-1;;;;;;;;;/h8*1-5H;2*1H2;2*1H;;;;;/q;;;;;;;;;;;;+2;;;;/p-2. The van der Waals surface area contributed by atoms with Gasteiger partial charge in [-0.1, -0.05) is 0 Å². The Morgan fingerprint density at radius 3 is 0.439 bits per heavy atom. The summed E-state index contributed by atoms with van der Waals surface area (Å²) in [6.45, 7) is 0. The minimum absolute atomic E-state index is 0.106. The average Bonchev–Trinajstić information content (AvgIpc) is 3.30. The van der Waals surface area contributed by atoms with Crippen LogP contribution in [0, 0.1) is 0 Å². The molecule has 0 unspecified atom stereocenters. The molecule has 8 aromatic rings. The van der Waals surface area contributed by atoms with E-state index >= 15 is 0 Å². The molecule has 0 saturated carbocycles. The second-order valence-electron chi connectivity index (χ2n) is 12.7. The number of hydrogen-bond donors (Lipinski definition) is 0. The van der Waals surface area contributed by atoms with Crippen LogP contribution in [-0.2, 0) is 15.9 Å². The third-order valence-electron chi connectivity index (χ3n) is 9.11. The fourth-order valence-electron chi connectivity index (χ4n) is 6.40. The van der Waals surface area contributed by atoms with E-state index < -0.39 is 80.8 Å². The Morgan fingerprint density at radius 2 is 0.333 bits per heavy atom. The molecular formula is C50H44Cl2PdSb4. The predicted octanol–water partition coefficient (Wildman–Crippen LogP) is 7.66. The maximum atomic E-state index is 4.81. The molecule has 0 aliphatic heterocycles. The molecule has 8 aromatic carbocycles. The second kappa shape index (κ2) is 25.8. The van der Waals surface area contributed by atoms with Gasteiger partial charge < -0.3 is 0 Å². The molecule has 8 rings (SSSR count). The van der Waals surface area contributed by atoms with Crippen molar-refractivity contribution in [3.63, 3.8) is 0 Å². The number of benzene rings is 8. The van der Waals surface area contributed by atoms with Gasteiger partial charge in [0.25, 0.3) is 0 Å². The topological polar surface area (TPSA) is 0 Å². The SMILES string of the molecule is [Cl][Pd][Cl].c1cc[c]([Sb]([CH2][Sb]([c]2ccccc2)[c]2ccccc2)[c]2ccccc2)cc1.c1cc[c]([Sb]([CH2][Sb]([c]2ccccc2)[c]2ccccc2)[c]2ccccc2)cc1. The summed E-state index contributed by atoms with van der Waals surface area (Å²) < 4.78 is 15.7. The molecule has 0 nitrogen and oxygen atoms in total. The molecule has 0 radical (unpaired) electrons. The van der Waals surface area contributed by atoms with Gasteiger partial charge in [-0.2, -0.15) is 0 Å². The summed E-state index contributed by atoms with van der Waals surface area (Å²) in [5.74, 6) is 0. The summed E-state index contributed by atoms with van der Waals surface area (Å²) in [5, 5.41) is 0. The van der Waals surface area contributed by atoms with Gasteiger partial charge in [-0.3, -0.25) is 0 Å². The monoisotopic (exact) mass is 1300 g/mol. The Bertz CT molecular complexity index is 1760. The molecule has 0 fully saturated rings.